The predicted octanol–water partition coefficient (Wildman–Crippen LogP) is 0.349. The molecule has 1 aromatic rings. The SMILES string of the molecule is CCOC(=O)CCC(=O)N1CC[NH+](CC(=O)Nc2ccccc2Cl)CC1. The number of nitrogens with one attached hydrogen (secondary N) is 2. The Morgan fingerprint density at radius 3 is 2.54 bits per heavy atom. The number of halogens is 1. The van der Waals surface area contributed by atoms with E-state index in [1.165, 1.54) is 0 Å². The Hall–Kier alpha value is -2.12. The standard InChI is InChI=1S/C18H24ClN3O4/c1-2-26-18(25)8-7-17(24)22-11-9-21(10-12-22)13-16(23)20-15-6-4-3-5-14(15)19/h3-6H,2,7-13H2,1H3,(H,20,23)/p+1. The molecule has 0 saturated carbocycles. The van der Waals surface area contributed by atoms with Crippen molar-refractivity contribution in [3.8, 4) is 0 Å². The first kappa shape index (κ1) is 20.2. The second-order valence-electron chi connectivity index (χ2n) is 6.14. The summed E-state index contributed by atoms with van der Waals surface area (Å²) in [5.74, 6) is -0.492. The minimum Gasteiger partial charge on any atom is -0.466 e. The van der Waals surface area contributed by atoms with Gasteiger partial charge >= 0.3 is 5.97 Å². The third-order valence-electron chi connectivity index (χ3n) is 4.23. The third kappa shape index (κ3) is 6.31. The monoisotopic (exact) mass is 382 g/mol. The molecule has 0 radical (unpaired) electrons. The fourth-order valence-corrected chi connectivity index (χ4v) is 3.02. The number of hydrogen-bond acceptors (Lipinski definition) is 4. The van der Waals surface area contributed by atoms with Gasteiger partial charge in [-0.2, -0.15) is 0 Å². The maximum absolute atomic E-state index is 12.2. The van der Waals surface area contributed by atoms with Crippen molar-refractivity contribution in [1.82, 2.24) is 4.90 Å². The zero-order valence-electron chi connectivity index (χ0n) is 14.9. The Labute approximate surface area is 158 Å². The Morgan fingerprint density at radius 1 is 1.19 bits per heavy atom. The molecule has 0 atom stereocenters. The van der Waals surface area contributed by atoms with Crippen LogP contribution in [-0.2, 0) is 19.1 Å². The summed E-state index contributed by atoms with van der Waals surface area (Å²) in [6, 6.07) is 7.11. The van der Waals surface area contributed by atoms with Crippen LogP contribution >= 0.6 is 11.6 Å². The number of para-hydroxylation sites is 1. The number of quaternary nitrogens is 1. The lowest BCUT2D eigenvalue weighted by molar-refractivity contribution is -0.895. The molecular formula is C18H25ClN3O4+. The van der Waals surface area contributed by atoms with Crippen LogP contribution in [0.5, 0.6) is 0 Å². The van der Waals surface area contributed by atoms with Crippen molar-refractivity contribution in [1.29, 1.82) is 0 Å². The van der Waals surface area contributed by atoms with Gasteiger partial charge in [-0.05, 0) is 19.1 Å². The summed E-state index contributed by atoms with van der Waals surface area (Å²) >= 11 is 6.04. The highest BCUT2D eigenvalue weighted by atomic mass is 35.5. The van der Waals surface area contributed by atoms with E-state index < -0.39 is 0 Å². The molecule has 0 spiro atoms. The molecule has 8 heteroatoms. The van der Waals surface area contributed by atoms with Crippen LogP contribution < -0.4 is 10.2 Å². The van der Waals surface area contributed by atoms with Gasteiger partial charge in [-0.25, -0.2) is 0 Å². The van der Waals surface area contributed by atoms with E-state index in [2.05, 4.69) is 5.32 Å². The number of nitrogens with zero attached hydrogens (tertiary/aromatic N) is 1. The summed E-state index contributed by atoms with van der Waals surface area (Å²) in [6.07, 6.45) is 0.279. The fraction of sp³-hybridized carbons (Fsp3) is 0.500. The summed E-state index contributed by atoms with van der Waals surface area (Å²) in [5, 5.41) is 3.32. The molecule has 142 valence electrons. The van der Waals surface area contributed by atoms with Gasteiger partial charge in [-0.3, -0.25) is 14.4 Å². The molecule has 0 aliphatic carbocycles. The summed E-state index contributed by atoms with van der Waals surface area (Å²) in [4.78, 5) is 38.5. The molecule has 1 aliphatic heterocycles. The molecule has 2 rings (SSSR count). The average Bonchev–Trinajstić information content (AvgIpc) is 2.62. The van der Waals surface area contributed by atoms with Crippen LogP contribution in [0, 0.1) is 0 Å². The van der Waals surface area contributed by atoms with E-state index in [4.69, 9.17) is 16.3 Å². The molecule has 1 aromatic carbocycles. The Bertz CT molecular complexity index is 645. The van der Waals surface area contributed by atoms with Crippen LogP contribution in [0.25, 0.3) is 0 Å². The van der Waals surface area contributed by atoms with Crippen molar-refractivity contribution in [2.24, 2.45) is 0 Å². The molecule has 2 N–H and O–H groups in total. The van der Waals surface area contributed by atoms with E-state index in [-0.39, 0.29) is 30.6 Å². The molecule has 1 saturated heterocycles. The summed E-state index contributed by atoms with van der Waals surface area (Å²) in [7, 11) is 0. The van der Waals surface area contributed by atoms with Crippen molar-refractivity contribution >= 4 is 35.1 Å². The maximum atomic E-state index is 12.2. The number of esters is 1. The second-order valence-corrected chi connectivity index (χ2v) is 6.55. The van der Waals surface area contributed by atoms with Crippen molar-refractivity contribution in [3.63, 3.8) is 0 Å². The van der Waals surface area contributed by atoms with E-state index in [0.717, 1.165) is 4.90 Å². The van der Waals surface area contributed by atoms with Crippen LogP contribution in [0.15, 0.2) is 24.3 Å². The maximum Gasteiger partial charge on any atom is 0.306 e. The van der Waals surface area contributed by atoms with Gasteiger partial charge in [0.15, 0.2) is 6.54 Å². The van der Waals surface area contributed by atoms with E-state index in [1.807, 2.05) is 6.07 Å². The molecule has 26 heavy (non-hydrogen) atoms. The first-order chi connectivity index (χ1) is 12.5. The lowest BCUT2D eigenvalue weighted by atomic mass is 10.2. The van der Waals surface area contributed by atoms with Gasteiger partial charge < -0.3 is 19.9 Å². The largest absolute Gasteiger partial charge is 0.466 e. The van der Waals surface area contributed by atoms with Crippen molar-refractivity contribution in [3.05, 3.63) is 29.3 Å². The molecule has 1 heterocycles. The molecule has 0 unspecified atom stereocenters. The number of carbonyl (C=O) groups excluding carboxylic acids is 3. The predicted molar refractivity (Wildman–Crippen MR) is 98.1 cm³/mol. The number of benzene rings is 1. The zero-order chi connectivity index (χ0) is 18.9. The quantitative estimate of drug-likeness (QED) is 0.667. The summed E-state index contributed by atoms with van der Waals surface area (Å²) < 4.78 is 4.83. The number of anilines is 1. The topological polar surface area (TPSA) is 80.2 Å². The van der Waals surface area contributed by atoms with Crippen LogP contribution in [0.3, 0.4) is 0 Å². The van der Waals surface area contributed by atoms with Gasteiger partial charge in [-0.1, -0.05) is 23.7 Å². The van der Waals surface area contributed by atoms with E-state index in [1.54, 1.807) is 30.0 Å². The highest BCUT2D eigenvalue weighted by Crippen LogP contribution is 2.19. The smallest absolute Gasteiger partial charge is 0.306 e. The van der Waals surface area contributed by atoms with Crippen molar-refractivity contribution < 1.29 is 24.0 Å². The van der Waals surface area contributed by atoms with E-state index >= 15 is 0 Å². The lowest BCUT2D eigenvalue weighted by Gasteiger charge is -2.31. The minimum absolute atomic E-state index is 0.0439. The molecule has 1 aliphatic rings. The number of ether oxygens (including phenoxy) is 1. The van der Waals surface area contributed by atoms with E-state index in [0.29, 0.717) is 50.0 Å². The van der Waals surface area contributed by atoms with Crippen LogP contribution in [0.4, 0.5) is 5.69 Å². The molecule has 0 aromatic heterocycles. The molecule has 2 amide bonds. The Kier molecular flexibility index (Phi) is 7.87. The van der Waals surface area contributed by atoms with Crippen LogP contribution in [0.2, 0.25) is 5.02 Å². The van der Waals surface area contributed by atoms with Gasteiger partial charge in [0.25, 0.3) is 5.91 Å². The Balaban J connectivity index is 1.71. The highest BCUT2D eigenvalue weighted by molar-refractivity contribution is 6.33. The number of hydrogen-bond donors (Lipinski definition) is 2. The number of rotatable bonds is 7. The van der Waals surface area contributed by atoms with Gasteiger partial charge in [0, 0.05) is 6.42 Å². The van der Waals surface area contributed by atoms with Crippen LogP contribution in [0.1, 0.15) is 19.8 Å². The van der Waals surface area contributed by atoms with Crippen molar-refractivity contribution in [2.75, 3.05) is 44.6 Å². The zero-order valence-corrected chi connectivity index (χ0v) is 15.7. The minimum atomic E-state index is -0.346. The van der Waals surface area contributed by atoms with Gasteiger partial charge in [0.2, 0.25) is 5.91 Å². The van der Waals surface area contributed by atoms with E-state index in [9.17, 15) is 14.4 Å². The number of carbonyl (C=O) groups is 3. The first-order valence-corrected chi connectivity index (χ1v) is 9.18. The van der Waals surface area contributed by atoms with Gasteiger partial charge in [-0.15, -0.1) is 0 Å². The molecule has 7 nitrogen and oxygen atoms in total. The Morgan fingerprint density at radius 2 is 1.88 bits per heavy atom. The van der Waals surface area contributed by atoms with Gasteiger partial charge in [0.05, 0.1) is 49.9 Å². The fourth-order valence-electron chi connectivity index (χ4n) is 2.83. The summed E-state index contributed by atoms with van der Waals surface area (Å²) in [5.41, 5.74) is 0.603. The molecule has 1 fully saturated rings. The first-order valence-electron chi connectivity index (χ1n) is 8.81. The summed E-state index contributed by atoms with van der Waals surface area (Å²) in [6.45, 7) is 4.94. The molecular weight excluding hydrogens is 358 g/mol. The normalized spacial score (nSPS) is 14.8. The van der Waals surface area contributed by atoms with Crippen molar-refractivity contribution in [2.45, 2.75) is 19.8 Å². The average molecular weight is 383 g/mol. The molecule has 0 bridgehead atoms. The number of piperazine rings is 1. The highest BCUT2D eigenvalue weighted by Gasteiger charge is 2.25. The lowest BCUT2D eigenvalue weighted by Crippen LogP contribution is -3.15. The third-order valence-corrected chi connectivity index (χ3v) is 4.56. The number of amides is 2. The van der Waals surface area contributed by atoms with Crippen LogP contribution in [-0.4, -0.2) is 62.0 Å². The second kappa shape index (κ2) is 10.1. The van der Waals surface area contributed by atoms with Gasteiger partial charge in [0.1, 0.15) is 0 Å².